The van der Waals surface area contributed by atoms with Crippen LogP contribution in [0.1, 0.15) is 29.8 Å². The van der Waals surface area contributed by atoms with E-state index in [1.54, 1.807) is 24.3 Å². The van der Waals surface area contributed by atoms with Crippen LogP contribution >= 0.6 is 0 Å². The van der Waals surface area contributed by atoms with Crippen LogP contribution in [0.2, 0.25) is 0 Å². The lowest BCUT2D eigenvalue weighted by molar-refractivity contribution is -0.116. The summed E-state index contributed by atoms with van der Waals surface area (Å²) in [6.07, 6.45) is 0. The average Bonchev–Trinajstić information content (AvgIpc) is 2.24. The summed E-state index contributed by atoms with van der Waals surface area (Å²) in [5, 5.41) is 10.4. The minimum Gasteiger partial charge on any atom is -0.382 e. The summed E-state index contributed by atoms with van der Waals surface area (Å²) in [6.45, 7) is 5.49. The molecule has 92 valence electrons. The number of primary amides is 1. The molecule has 0 aliphatic carbocycles. The van der Waals surface area contributed by atoms with Crippen molar-refractivity contribution in [2.75, 3.05) is 13.1 Å². The van der Waals surface area contributed by atoms with Gasteiger partial charge in [-0.2, -0.15) is 0 Å². The van der Waals surface area contributed by atoms with Crippen molar-refractivity contribution >= 4 is 5.91 Å². The predicted molar refractivity (Wildman–Crippen MR) is 65.6 cm³/mol. The first-order chi connectivity index (χ1) is 7.92. The first-order valence-electron chi connectivity index (χ1n) is 5.79. The second-order valence-corrected chi connectivity index (χ2v) is 4.97. The number of carbonyl (C=O) groups is 1. The third-order valence-electron chi connectivity index (χ3n) is 3.37. The number of likely N-dealkylation sites (tertiary alicyclic amines) is 1. The van der Waals surface area contributed by atoms with E-state index in [9.17, 15) is 9.90 Å². The van der Waals surface area contributed by atoms with Gasteiger partial charge in [0.25, 0.3) is 0 Å². The van der Waals surface area contributed by atoms with E-state index in [1.807, 2.05) is 0 Å². The molecular formula is C13H18N2O2. The van der Waals surface area contributed by atoms with E-state index in [4.69, 9.17) is 5.73 Å². The van der Waals surface area contributed by atoms with Gasteiger partial charge in [0.05, 0.1) is 0 Å². The zero-order valence-electron chi connectivity index (χ0n) is 10.2. The van der Waals surface area contributed by atoms with Gasteiger partial charge in [-0.15, -0.1) is 0 Å². The number of nitrogens with zero attached hydrogens (tertiary/aromatic N) is 1. The van der Waals surface area contributed by atoms with Gasteiger partial charge in [-0.05, 0) is 31.5 Å². The Labute approximate surface area is 101 Å². The third-order valence-corrected chi connectivity index (χ3v) is 3.37. The molecular weight excluding hydrogens is 216 g/mol. The second kappa shape index (κ2) is 4.13. The van der Waals surface area contributed by atoms with Gasteiger partial charge in [-0.1, -0.05) is 12.1 Å². The summed E-state index contributed by atoms with van der Waals surface area (Å²) in [6, 6.07) is 7.32. The summed E-state index contributed by atoms with van der Waals surface area (Å²) < 4.78 is 0. The lowest BCUT2D eigenvalue weighted by Crippen LogP contribution is -2.61. The fourth-order valence-electron chi connectivity index (χ4n) is 2.12. The fraction of sp³-hybridized carbons (Fsp3) is 0.462. The Kier molecular flexibility index (Phi) is 2.93. The monoisotopic (exact) mass is 234 g/mol. The Balaban J connectivity index is 2.11. The van der Waals surface area contributed by atoms with E-state index in [0.29, 0.717) is 24.7 Å². The smallest absolute Gasteiger partial charge is 0.248 e. The van der Waals surface area contributed by atoms with E-state index in [-0.39, 0.29) is 0 Å². The van der Waals surface area contributed by atoms with Crippen LogP contribution < -0.4 is 5.73 Å². The summed E-state index contributed by atoms with van der Waals surface area (Å²) in [4.78, 5) is 13.1. The van der Waals surface area contributed by atoms with Crippen molar-refractivity contribution in [1.82, 2.24) is 4.90 Å². The van der Waals surface area contributed by atoms with Crippen molar-refractivity contribution in [3.63, 3.8) is 0 Å². The molecule has 1 aliphatic rings. The minimum atomic E-state index is -0.777. The molecule has 0 radical (unpaired) electrons. The summed E-state index contributed by atoms with van der Waals surface area (Å²) in [7, 11) is 0. The fourth-order valence-corrected chi connectivity index (χ4v) is 2.12. The van der Waals surface area contributed by atoms with Gasteiger partial charge < -0.3 is 10.8 Å². The molecule has 4 nitrogen and oxygen atoms in total. The molecule has 2 rings (SSSR count). The maximum absolute atomic E-state index is 10.9. The molecule has 1 saturated heterocycles. The molecule has 3 N–H and O–H groups in total. The number of hydrogen-bond donors (Lipinski definition) is 2. The molecule has 0 atom stereocenters. The SMILES string of the molecule is CC(C)N1CC(O)(c2ccc(C(N)=O)cc2)C1. The maximum Gasteiger partial charge on any atom is 0.248 e. The number of amides is 1. The van der Waals surface area contributed by atoms with Crippen molar-refractivity contribution < 1.29 is 9.90 Å². The molecule has 1 amide bonds. The molecule has 0 aromatic heterocycles. The minimum absolute atomic E-state index is 0.444. The number of benzene rings is 1. The van der Waals surface area contributed by atoms with Gasteiger partial charge in [0.15, 0.2) is 0 Å². The Morgan fingerprint density at radius 3 is 2.29 bits per heavy atom. The van der Waals surface area contributed by atoms with Crippen LogP contribution in [0.3, 0.4) is 0 Å². The number of aliphatic hydroxyl groups is 1. The van der Waals surface area contributed by atoms with Crippen molar-refractivity contribution in [2.45, 2.75) is 25.5 Å². The van der Waals surface area contributed by atoms with Crippen LogP contribution in [-0.2, 0) is 5.60 Å². The van der Waals surface area contributed by atoms with Gasteiger partial charge >= 0.3 is 0 Å². The molecule has 17 heavy (non-hydrogen) atoms. The molecule has 1 aliphatic heterocycles. The summed E-state index contributed by atoms with van der Waals surface area (Å²) in [5.41, 5.74) is 5.71. The second-order valence-electron chi connectivity index (χ2n) is 4.97. The van der Waals surface area contributed by atoms with E-state index in [1.165, 1.54) is 0 Å². The highest BCUT2D eigenvalue weighted by atomic mass is 16.3. The highest BCUT2D eigenvalue weighted by Gasteiger charge is 2.43. The van der Waals surface area contributed by atoms with E-state index < -0.39 is 11.5 Å². The molecule has 4 heteroatoms. The van der Waals surface area contributed by atoms with Crippen molar-refractivity contribution in [1.29, 1.82) is 0 Å². The molecule has 0 bridgehead atoms. The number of carbonyl (C=O) groups excluding carboxylic acids is 1. The zero-order chi connectivity index (χ0) is 12.6. The molecule has 0 saturated carbocycles. The van der Waals surface area contributed by atoms with Gasteiger partial charge in [-0.3, -0.25) is 9.69 Å². The molecule has 0 unspecified atom stereocenters. The predicted octanol–water partition coefficient (Wildman–Crippen LogP) is 0.697. The largest absolute Gasteiger partial charge is 0.382 e. The molecule has 1 aromatic rings. The Hall–Kier alpha value is -1.39. The van der Waals surface area contributed by atoms with Crippen LogP contribution in [-0.4, -0.2) is 35.0 Å². The number of hydrogen-bond acceptors (Lipinski definition) is 3. The molecule has 1 aromatic carbocycles. The number of nitrogens with two attached hydrogens (primary N) is 1. The topological polar surface area (TPSA) is 66.6 Å². The van der Waals surface area contributed by atoms with Gasteiger partial charge in [0.1, 0.15) is 5.60 Å². The number of β-amino-alcohol motifs (C(OH)–C–C–N with tert-alkyl or cyclic N) is 1. The Morgan fingerprint density at radius 2 is 1.88 bits per heavy atom. The molecule has 0 spiro atoms. The van der Waals surface area contributed by atoms with Crippen LogP contribution in [0.5, 0.6) is 0 Å². The van der Waals surface area contributed by atoms with E-state index >= 15 is 0 Å². The maximum atomic E-state index is 10.9. The first-order valence-corrected chi connectivity index (χ1v) is 5.79. The quantitative estimate of drug-likeness (QED) is 0.809. The van der Waals surface area contributed by atoms with Crippen LogP contribution in [0.15, 0.2) is 24.3 Å². The van der Waals surface area contributed by atoms with Gasteiger partial charge in [-0.25, -0.2) is 0 Å². The third kappa shape index (κ3) is 2.18. The lowest BCUT2D eigenvalue weighted by atomic mass is 9.85. The Morgan fingerprint density at radius 1 is 1.35 bits per heavy atom. The Bertz CT molecular complexity index is 420. The van der Waals surface area contributed by atoms with Crippen molar-refractivity contribution in [3.8, 4) is 0 Å². The summed E-state index contributed by atoms with van der Waals surface area (Å²) in [5.74, 6) is -0.444. The zero-order valence-corrected chi connectivity index (χ0v) is 10.2. The van der Waals surface area contributed by atoms with Crippen LogP contribution in [0.4, 0.5) is 0 Å². The lowest BCUT2D eigenvalue weighted by Gasteiger charge is -2.49. The average molecular weight is 234 g/mol. The highest BCUT2D eigenvalue weighted by molar-refractivity contribution is 5.92. The van der Waals surface area contributed by atoms with Gasteiger partial charge in [0, 0.05) is 24.7 Å². The normalized spacial score (nSPS) is 19.1. The number of rotatable bonds is 3. The van der Waals surface area contributed by atoms with Crippen molar-refractivity contribution in [2.24, 2.45) is 5.73 Å². The standard InChI is InChI=1S/C13H18N2O2/c1-9(2)15-7-13(17,8-15)11-5-3-10(4-6-11)12(14)16/h3-6,9,17H,7-8H2,1-2H3,(H2,14,16). The van der Waals surface area contributed by atoms with Crippen LogP contribution in [0, 0.1) is 0 Å². The first kappa shape index (κ1) is 12.1. The summed E-state index contributed by atoms with van der Waals surface area (Å²) >= 11 is 0. The van der Waals surface area contributed by atoms with E-state index in [2.05, 4.69) is 18.7 Å². The van der Waals surface area contributed by atoms with Crippen LogP contribution in [0.25, 0.3) is 0 Å². The van der Waals surface area contributed by atoms with Crippen molar-refractivity contribution in [3.05, 3.63) is 35.4 Å². The molecule has 1 heterocycles. The highest BCUT2D eigenvalue weighted by Crippen LogP contribution is 2.33. The molecule has 1 fully saturated rings. The van der Waals surface area contributed by atoms with E-state index in [0.717, 1.165) is 5.56 Å². The van der Waals surface area contributed by atoms with Gasteiger partial charge in [0.2, 0.25) is 5.91 Å².